The van der Waals surface area contributed by atoms with E-state index in [1.807, 2.05) is 0 Å². The van der Waals surface area contributed by atoms with E-state index in [0.717, 1.165) is 6.26 Å². The first kappa shape index (κ1) is 18.6. The number of nitrogens with one attached hydrogen (secondary N) is 2. The van der Waals surface area contributed by atoms with Crippen LogP contribution in [0.15, 0.2) is 47.8 Å². The Morgan fingerprint density at radius 3 is 2.58 bits per heavy atom. The van der Waals surface area contributed by atoms with Crippen LogP contribution in [-0.4, -0.2) is 29.6 Å². The molecule has 1 unspecified atom stereocenters. The lowest BCUT2D eigenvalue weighted by molar-refractivity contribution is 0.598. The zero-order valence-corrected chi connectivity index (χ0v) is 15.7. The second kappa shape index (κ2) is 7.22. The van der Waals surface area contributed by atoms with Crippen LogP contribution in [0.5, 0.6) is 0 Å². The standard InChI is InChI=1S/C16H13Cl2FN4O2S/c1-26(24,25)14-8-21-16(23-14)15(9-2-4-12(19)11(18)6-9)22-13-5-3-10(17)7-20-13/h2-8,15H,1H3,(H,20,22)(H,21,23). The molecule has 3 rings (SSSR count). The number of benzene rings is 1. The maximum atomic E-state index is 13.5. The summed E-state index contributed by atoms with van der Waals surface area (Å²) in [6.45, 7) is 0. The predicted octanol–water partition coefficient (Wildman–Crippen LogP) is 3.86. The number of pyridine rings is 1. The first-order chi connectivity index (χ1) is 12.2. The highest BCUT2D eigenvalue weighted by atomic mass is 35.5. The molecule has 1 aromatic carbocycles. The molecule has 0 amide bonds. The van der Waals surface area contributed by atoms with Gasteiger partial charge >= 0.3 is 0 Å². The molecule has 0 spiro atoms. The minimum Gasteiger partial charge on any atom is -0.356 e. The molecule has 1 atom stereocenters. The van der Waals surface area contributed by atoms with Crippen LogP contribution in [0.4, 0.5) is 10.2 Å². The Bertz CT molecular complexity index is 1040. The molecule has 0 bridgehead atoms. The van der Waals surface area contributed by atoms with Gasteiger partial charge in [-0.15, -0.1) is 0 Å². The minimum absolute atomic E-state index is 0.0618. The molecule has 0 aliphatic carbocycles. The summed E-state index contributed by atoms with van der Waals surface area (Å²) in [6.07, 6.45) is 3.81. The van der Waals surface area contributed by atoms with E-state index in [-0.39, 0.29) is 10.0 Å². The molecule has 0 radical (unpaired) electrons. The number of sulfone groups is 1. The van der Waals surface area contributed by atoms with Crippen molar-refractivity contribution in [3.05, 3.63) is 70.0 Å². The number of halogens is 3. The average molecular weight is 415 g/mol. The van der Waals surface area contributed by atoms with Crippen LogP contribution in [0.3, 0.4) is 0 Å². The van der Waals surface area contributed by atoms with Gasteiger partial charge in [-0.05, 0) is 29.8 Å². The van der Waals surface area contributed by atoms with E-state index >= 15 is 0 Å². The van der Waals surface area contributed by atoms with Crippen molar-refractivity contribution in [2.45, 2.75) is 11.1 Å². The summed E-state index contributed by atoms with van der Waals surface area (Å²) in [6, 6.07) is 6.85. The van der Waals surface area contributed by atoms with Gasteiger partial charge in [0.1, 0.15) is 23.5 Å². The summed E-state index contributed by atoms with van der Waals surface area (Å²) in [5.74, 6) is 0.219. The average Bonchev–Trinajstić information content (AvgIpc) is 3.07. The molecule has 10 heteroatoms. The topological polar surface area (TPSA) is 87.7 Å². The van der Waals surface area contributed by atoms with Crippen molar-refractivity contribution in [3.63, 3.8) is 0 Å². The Hall–Kier alpha value is -2.16. The summed E-state index contributed by atoms with van der Waals surface area (Å²) < 4.78 is 36.9. The van der Waals surface area contributed by atoms with E-state index in [2.05, 4.69) is 20.3 Å². The van der Waals surface area contributed by atoms with Crippen LogP contribution in [0.25, 0.3) is 0 Å². The van der Waals surface area contributed by atoms with E-state index in [4.69, 9.17) is 23.2 Å². The van der Waals surface area contributed by atoms with Crippen LogP contribution >= 0.6 is 23.2 Å². The largest absolute Gasteiger partial charge is 0.356 e. The fourth-order valence-corrected chi connectivity index (χ4v) is 3.11. The molecule has 26 heavy (non-hydrogen) atoms. The van der Waals surface area contributed by atoms with Gasteiger partial charge in [0.05, 0.1) is 10.0 Å². The molecule has 2 heterocycles. The van der Waals surface area contributed by atoms with Crippen molar-refractivity contribution in [3.8, 4) is 0 Å². The maximum Gasteiger partial charge on any atom is 0.194 e. The number of aromatic amines is 1. The summed E-state index contributed by atoms with van der Waals surface area (Å²) >= 11 is 11.7. The van der Waals surface area contributed by atoms with E-state index in [9.17, 15) is 12.8 Å². The van der Waals surface area contributed by atoms with E-state index in [1.165, 1.54) is 30.6 Å². The van der Waals surface area contributed by atoms with Gasteiger partial charge in [-0.2, -0.15) is 0 Å². The molecule has 0 aliphatic heterocycles. The quantitative estimate of drug-likeness (QED) is 0.661. The van der Waals surface area contributed by atoms with Gasteiger partial charge in [0.15, 0.2) is 14.9 Å². The van der Waals surface area contributed by atoms with Crippen LogP contribution in [-0.2, 0) is 9.84 Å². The van der Waals surface area contributed by atoms with Crippen molar-refractivity contribution in [1.29, 1.82) is 0 Å². The summed E-state index contributed by atoms with van der Waals surface area (Å²) in [5, 5.41) is 3.42. The highest BCUT2D eigenvalue weighted by molar-refractivity contribution is 7.90. The van der Waals surface area contributed by atoms with Crippen LogP contribution < -0.4 is 5.32 Å². The fourth-order valence-electron chi connectivity index (χ4n) is 2.27. The molecule has 3 aromatic rings. The molecule has 136 valence electrons. The highest BCUT2D eigenvalue weighted by Crippen LogP contribution is 2.28. The Morgan fingerprint density at radius 2 is 2.00 bits per heavy atom. The minimum atomic E-state index is -3.48. The lowest BCUT2D eigenvalue weighted by Crippen LogP contribution is -2.15. The van der Waals surface area contributed by atoms with Gasteiger partial charge in [0.2, 0.25) is 0 Å². The molecular weight excluding hydrogens is 402 g/mol. The number of H-pyrrole nitrogens is 1. The van der Waals surface area contributed by atoms with Crippen LogP contribution in [0, 0.1) is 5.82 Å². The maximum absolute atomic E-state index is 13.5. The number of rotatable bonds is 5. The van der Waals surface area contributed by atoms with Crippen molar-refractivity contribution in [1.82, 2.24) is 15.0 Å². The number of aromatic nitrogens is 3. The first-order valence-corrected chi connectivity index (χ1v) is 9.97. The van der Waals surface area contributed by atoms with Gasteiger partial charge in [-0.25, -0.2) is 22.8 Å². The fraction of sp³-hybridized carbons (Fsp3) is 0.125. The molecule has 2 N–H and O–H groups in total. The second-order valence-corrected chi connectivity index (χ2v) is 8.31. The Kier molecular flexibility index (Phi) is 5.17. The third-order valence-corrected chi connectivity index (χ3v) is 5.01. The Morgan fingerprint density at radius 1 is 1.23 bits per heavy atom. The molecular formula is C16H13Cl2FN4O2S. The molecule has 0 fully saturated rings. The summed E-state index contributed by atoms with van der Waals surface area (Å²) in [7, 11) is -3.48. The predicted molar refractivity (Wildman–Crippen MR) is 97.8 cm³/mol. The number of nitrogens with zero attached hydrogens (tertiary/aromatic N) is 2. The van der Waals surface area contributed by atoms with E-state index < -0.39 is 21.7 Å². The number of imidazole rings is 1. The van der Waals surface area contributed by atoms with Gasteiger partial charge < -0.3 is 10.3 Å². The molecule has 0 aliphatic rings. The highest BCUT2D eigenvalue weighted by Gasteiger charge is 2.22. The molecule has 6 nitrogen and oxygen atoms in total. The van der Waals surface area contributed by atoms with Gasteiger partial charge in [0.25, 0.3) is 0 Å². The summed E-state index contributed by atoms with van der Waals surface area (Å²) in [4.78, 5) is 11.1. The number of hydrogen-bond donors (Lipinski definition) is 2. The lowest BCUT2D eigenvalue weighted by Gasteiger charge is -2.18. The number of hydrogen-bond acceptors (Lipinski definition) is 5. The smallest absolute Gasteiger partial charge is 0.194 e. The van der Waals surface area contributed by atoms with Crippen molar-refractivity contribution >= 4 is 38.9 Å². The molecule has 0 saturated carbocycles. The lowest BCUT2D eigenvalue weighted by atomic mass is 10.1. The number of anilines is 1. The third kappa shape index (κ3) is 4.14. The zero-order chi connectivity index (χ0) is 18.9. The zero-order valence-electron chi connectivity index (χ0n) is 13.4. The van der Waals surface area contributed by atoms with Crippen molar-refractivity contribution in [2.75, 3.05) is 11.6 Å². The molecule has 0 saturated heterocycles. The van der Waals surface area contributed by atoms with E-state index in [1.54, 1.807) is 12.1 Å². The van der Waals surface area contributed by atoms with E-state index in [0.29, 0.717) is 22.2 Å². The normalized spacial score (nSPS) is 12.8. The van der Waals surface area contributed by atoms with Crippen LogP contribution in [0.2, 0.25) is 10.0 Å². The van der Waals surface area contributed by atoms with Gasteiger partial charge in [-0.3, -0.25) is 0 Å². The van der Waals surface area contributed by atoms with Gasteiger partial charge in [0, 0.05) is 18.6 Å². The Labute approximate surface area is 159 Å². The van der Waals surface area contributed by atoms with Crippen molar-refractivity contribution < 1.29 is 12.8 Å². The second-order valence-electron chi connectivity index (χ2n) is 5.51. The monoisotopic (exact) mass is 414 g/mol. The van der Waals surface area contributed by atoms with Crippen molar-refractivity contribution in [2.24, 2.45) is 0 Å². The van der Waals surface area contributed by atoms with Crippen LogP contribution in [0.1, 0.15) is 17.4 Å². The summed E-state index contributed by atoms with van der Waals surface area (Å²) in [5.41, 5.74) is 0.572. The first-order valence-electron chi connectivity index (χ1n) is 7.32. The Balaban J connectivity index is 2.04. The third-order valence-electron chi connectivity index (χ3n) is 3.52. The van der Waals surface area contributed by atoms with Gasteiger partial charge in [-0.1, -0.05) is 29.3 Å². The SMILES string of the molecule is CS(=O)(=O)c1c[nH]c(C(Nc2ccc(Cl)cn2)c2ccc(F)c(Cl)c2)n1. The molecule has 2 aromatic heterocycles.